The Bertz CT molecular complexity index is 400. The molecule has 3 N–H and O–H groups in total. The van der Waals surface area contributed by atoms with Gasteiger partial charge in [0.1, 0.15) is 12.7 Å². The highest BCUT2D eigenvalue weighted by Crippen LogP contribution is 2.12. The normalized spacial score (nSPS) is 10.0. The second-order valence-corrected chi connectivity index (χ2v) is 2.76. The number of imidazole rings is 1. The number of carboxylic acid groups (broad SMARTS) is 1. The lowest BCUT2D eigenvalue weighted by Crippen LogP contribution is -2.36. The van der Waals surface area contributed by atoms with E-state index in [0.717, 1.165) is 6.20 Å². The molecule has 0 saturated heterocycles. The van der Waals surface area contributed by atoms with E-state index in [1.54, 1.807) is 0 Å². The molecule has 0 aliphatic carbocycles. The van der Waals surface area contributed by atoms with Gasteiger partial charge >= 0.3 is 11.9 Å². The van der Waals surface area contributed by atoms with Crippen molar-refractivity contribution in [1.82, 2.24) is 14.6 Å². The third-order valence-corrected chi connectivity index (χ3v) is 1.80. The first kappa shape index (κ1) is 10.9. The van der Waals surface area contributed by atoms with Gasteiger partial charge in [0.05, 0.1) is 7.05 Å². The number of nitrogens with two attached hydrogens (primary N) is 1. The number of hydrazine groups is 1. The number of hydrogen-bond acceptors (Lipinski definition) is 5. The molecule has 0 unspecified atom stereocenters. The van der Waals surface area contributed by atoms with Gasteiger partial charge in [0.2, 0.25) is 5.82 Å². The van der Waals surface area contributed by atoms with E-state index < -0.39 is 11.0 Å². The van der Waals surface area contributed by atoms with E-state index in [-0.39, 0.29) is 18.2 Å². The van der Waals surface area contributed by atoms with Gasteiger partial charge in [0, 0.05) is 0 Å². The van der Waals surface area contributed by atoms with E-state index in [1.807, 2.05) is 0 Å². The number of carbonyl (C=O) groups is 1. The fourth-order valence-electron chi connectivity index (χ4n) is 0.974. The van der Waals surface area contributed by atoms with E-state index in [0.29, 0.717) is 5.01 Å². The highest BCUT2D eigenvalue weighted by atomic mass is 16.6. The summed E-state index contributed by atoms with van der Waals surface area (Å²) >= 11 is 0. The zero-order valence-corrected chi connectivity index (χ0v) is 7.82. The number of amides is 1. The number of rotatable bonds is 3. The molecule has 0 atom stereocenters. The maximum Gasteiger partial charge on any atom is 0.422 e. The molecule has 1 amide bonds. The summed E-state index contributed by atoms with van der Waals surface area (Å²) in [4.78, 5) is 23.9. The van der Waals surface area contributed by atoms with E-state index in [9.17, 15) is 14.9 Å². The Balaban J connectivity index is 2.88. The Hall–Kier alpha value is -2.16. The monoisotopic (exact) mass is 215 g/mol. The van der Waals surface area contributed by atoms with Crippen molar-refractivity contribution >= 4 is 11.9 Å². The minimum absolute atomic E-state index is 0.201. The van der Waals surface area contributed by atoms with Crippen LogP contribution in [0.4, 0.5) is 10.6 Å². The van der Waals surface area contributed by atoms with Crippen molar-refractivity contribution in [3.63, 3.8) is 0 Å². The number of nitrogens with zero attached hydrogens (tertiary/aromatic N) is 4. The highest BCUT2D eigenvalue weighted by molar-refractivity contribution is 5.63. The smallest absolute Gasteiger partial charge is 0.422 e. The van der Waals surface area contributed by atoms with Gasteiger partial charge in [0.15, 0.2) is 0 Å². The molecule has 15 heavy (non-hydrogen) atoms. The third kappa shape index (κ3) is 2.20. The van der Waals surface area contributed by atoms with Crippen molar-refractivity contribution in [2.24, 2.45) is 12.9 Å². The average Bonchev–Trinajstić information content (AvgIpc) is 2.48. The number of aromatic nitrogens is 2. The molecule has 9 heteroatoms. The Labute approximate surface area is 83.8 Å². The van der Waals surface area contributed by atoms with Crippen molar-refractivity contribution in [3.8, 4) is 0 Å². The standard InChI is InChI=1S/C6H9N5O4/c1-9-4(3-10(7)6(12)13)8-2-5(9)11(14)15/h2H,3,7H2,1H3,(H,12,13). The van der Waals surface area contributed by atoms with Crippen LogP contribution in [-0.4, -0.2) is 30.7 Å². The first-order valence-electron chi connectivity index (χ1n) is 3.83. The highest BCUT2D eigenvalue weighted by Gasteiger charge is 2.19. The second-order valence-electron chi connectivity index (χ2n) is 2.76. The molecular formula is C6H9N5O4. The maximum atomic E-state index is 10.4. The fourth-order valence-corrected chi connectivity index (χ4v) is 0.974. The summed E-state index contributed by atoms with van der Waals surface area (Å²) in [6, 6.07) is 0. The van der Waals surface area contributed by atoms with Crippen LogP contribution >= 0.6 is 0 Å². The van der Waals surface area contributed by atoms with Crippen molar-refractivity contribution in [3.05, 3.63) is 22.1 Å². The zero-order chi connectivity index (χ0) is 11.6. The lowest BCUT2D eigenvalue weighted by molar-refractivity contribution is -0.391. The Kier molecular flexibility index (Phi) is 2.85. The van der Waals surface area contributed by atoms with Gasteiger partial charge in [0.25, 0.3) is 0 Å². The molecule has 0 aromatic carbocycles. The SMILES string of the molecule is Cn1c([N+](=O)[O-])cnc1CN(N)C(=O)O. The predicted molar refractivity (Wildman–Crippen MR) is 47.6 cm³/mol. The summed E-state index contributed by atoms with van der Waals surface area (Å²) in [5.74, 6) is 5.10. The fraction of sp³-hybridized carbons (Fsp3) is 0.333. The van der Waals surface area contributed by atoms with Crippen LogP contribution in [0, 0.1) is 10.1 Å². The predicted octanol–water partition coefficient (Wildman–Crippen LogP) is -0.318. The Morgan fingerprint density at radius 1 is 1.87 bits per heavy atom. The summed E-state index contributed by atoms with van der Waals surface area (Å²) in [6.45, 7) is -0.209. The summed E-state index contributed by atoms with van der Waals surface area (Å²) in [5, 5.41) is 19.4. The van der Waals surface area contributed by atoms with Crippen LogP contribution in [0.15, 0.2) is 6.20 Å². The van der Waals surface area contributed by atoms with Crippen LogP contribution in [0.2, 0.25) is 0 Å². The van der Waals surface area contributed by atoms with E-state index >= 15 is 0 Å². The average molecular weight is 215 g/mol. The third-order valence-electron chi connectivity index (χ3n) is 1.80. The topological polar surface area (TPSA) is 128 Å². The quantitative estimate of drug-likeness (QED) is 0.308. The van der Waals surface area contributed by atoms with E-state index in [4.69, 9.17) is 10.9 Å². The van der Waals surface area contributed by atoms with Gasteiger partial charge in [-0.25, -0.2) is 25.2 Å². The van der Waals surface area contributed by atoms with Crippen LogP contribution in [0.1, 0.15) is 5.82 Å². The Morgan fingerprint density at radius 3 is 2.87 bits per heavy atom. The van der Waals surface area contributed by atoms with Gasteiger partial charge in [-0.15, -0.1) is 0 Å². The lowest BCUT2D eigenvalue weighted by atomic mass is 10.5. The first-order chi connectivity index (χ1) is 6.93. The molecule has 1 rings (SSSR count). The summed E-state index contributed by atoms with van der Waals surface area (Å²) in [6.07, 6.45) is -0.286. The van der Waals surface area contributed by atoms with Gasteiger partial charge < -0.3 is 15.2 Å². The van der Waals surface area contributed by atoms with Crippen molar-refractivity contribution in [2.45, 2.75) is 6.54 Å². The molecule has 1 aromatic rings. The first-order valence-corrected chi connectivity index (χ1v) is 3.83. The maximum absolute atomic E-state index is 10.4. The van der Waals surface area contributed by atoms with Crippen LogP contribution < -0.4 is 5.84 Å². The molecule has 0 aliphatic rings. The van der Waals surface area contributed by atoms with E-state index in [1.165, 1.54) is 11.6 Å². The minimum atomic E-state index is -1.33. The molecule has 0 spiro atoms. The van der Waals surface area contributed by atoms with E-state index in [2.05, 4.69) is 4.98 Å². The largest absolute Gasteiger partial charge is 0.464 e. The molecule has 1 heterocycles. The molecule has 0 aliphatic heterocycles. The molecular weight excluding hydrogens is 206 g/mol. The zero-order valence-electron chi connectivity index (χ0n) is 7.82. The number of nitro groups is 1. The molecule has 82 valence electrons. The lowest BCUT2D eigenvalue weighted by Gasteiger charge is -2.09. The van der Waals surface area contributed by atoms with Crippen LogP contribution in [0.5, 0.6) is 0 Å². The van der Waals surface area contributed by atoms with Crippen molar-refractivity contribution < 1.29 is 14.8 Å². The van der Waals surface area contributed by atoms with Crippen molar-refractivity contribution in [2.75, 3.05) is 0 Å². The van der Waals surface area contributed by atoms with Gasteiger partial charge in [-0.05, 0) is 4.92 Å². The number of hydrogen-bond donors (Lipinski definition) is 2. The molecule has 0 radical (unpaired) electrons. The summed E-state index contributed by atoms with van der Waals surface area (Å²) in [5.41, 5.74) is 0. The minimum Gasteiger partial charge on any atom is -0.464 e. The molecule has 9 nitrogen and oxygen atoms in total. The summed E-state index contributed by atoms with van der Waals surface area (Å²) in [7, 11) is 1.41. The van der Waals surface area contributed by atoms with Gasteiger partial charge in [-0.3, -0.25) is 0 Å². The van der Waals surface area contributed by atoms with Gasteiger partial charge in [-0.2, -0.15) is 0 Å². The van der Waals surface area contributed by atoms with Crippen molar-refractivity contribution in [1.29, 1.82) is 0 Å². The molecule has 0 fully saturated rings. The van der Waals surface area contributed by atoms with Crippen LogP contribution in [-0.2, 0) is 13.6 Å². The Morgan fingerprint density at radius 2 is 2.47 bits per heavy atom. The molecule has 0 bridgehead atoms. The summed E-state index contributed by atoms with van der Waals surface area (Å²) < 4.78 is 1.17. The molecule has 0 saturated carbocycles. The van der Waals surface area contributed by atoms with Crippen LogP contribution in [0.25, 0.3) is 0 Å². The molecule has 1 aromatic heterocycles. The van der Waals surface area contributed by atoms with Crippen LogP contribution in [0.3, 0.4) is 0 Å². The van der Waals surface area contributed by atoms with Gasteiger partial charge in [-0.1, -0.05) is 0 Å². The second kappa shape index (κ2) is 3.92.